The average Bonchev–Trinajstić information content (AvgIpc) is 2.53. The summed E-state index contributed by atoms with van der Waals surface area (Å²) in [5, 5.41) is 2.82. The van der Waals surface area contributed by atoms with Gasteiger partial charge in [-0.15, -0.1) is 0 Å². The number of nitrogens with zero attached hydrogens (tertiary/aromatic N) is 1. The average molecular weight is 328 g/mol. The lowest BCUT2D eigenvalue weighted by Crippen LogP contribution is -2.36. The van der Waals surface area contributed by atoms with E-state index in [4.69, 9.17) is 5.73 Å². The van der Waals surface area contributed by atoms with Crippen LogP contribution in [0.4, 0.5) is 5.69 Å². The molecule has 2 aromatic rings. The molecule has 0 aliphatic rings. The van der Waals surface area contributed by atoms with Gasteiger partial charge in [0.1, 0.15) is 5.82 Å². The molecule has 2 rings (SSSR count). The highest BCUT2D eigenvalue weighted by Crippen LogP contribution is 2.19. The highest BCUT2D eigenvalue weighted by molar-refractivity contribution is 5.95. The third-order valence-corrected chi connectivity index (χ3v) is 3.62. The highest BCUT2D eigenvalue weighted by atomic mass is 16.2. The number of nitrogens with two attached hydrogens (primary N) is 1. The lowest BCUT2D eigenvalue weighted by molar-refractivity contribution is -0.117. The summed E-state index contributed by atoms with van der Waals surface area (Å²) in [5.41, 5.74) is 7.80. The Balaban J connectivity index is 2.22. The molecule has 0 fully saturated rings. The van der Waals surface area contributed by atoms with Gasteiger partial charge < -0.3 is 16.0 Å². The largest absolute Gasteiger partial charge is 0.325 e. The van der Waals surface area contributed by atoms with Gasteiger partial charge in [0.25, 0.3) is 5.56 Å². The van der Waals surface area contributed by atoms with Gasteiger partial charge in [-0.1, -0.05) is 32.9 Å². The second-order valence-electron chi connectivity index (χ2n) is 6.24. The van der Waals surface area contributed by atoms with E-state index in [9.17, 15) is 9.59 Å². The number of amides is 1. The van der Waals surface area contributed by atoms with Crippen LogP contribution in [0.15, 0.2) is 35.1 Å². The Morgan fingerprint density at radius 2 is 2.08 bits per heavy atom. The maximum absolute atomic E-state index is 12.1. The van der Waals surface area contributed by atoms with Crippen LogP contribution >= 0.6 is 0 Å². The van der Waals surface area contributed by atoms with Crippen molar-refractivity contribution in [2.24, 2.45) is 11.7 Å². The Morgan fingerprint density at radius 3 is 2.75 bits per heavy atom. The van der Waals surface area contributed by atoms with Crippen LogP contribution in [0.25, 0.3) is 11.4 Å². The number of aryl methyl sites for hydroxylation is 1. The minimum atomic E-state index is -0.546. The maximum atomic E-state index is 12.1. The molecule has 1 heterocycles. The molecule has 0 aliphatic heterocycles. The van der Waals surface area contributed by atoms with Crippen molar-refractivity contribution >= 4 is 11.6 Å². The first kappa shape index (κ1) is 17.9. The summed E-state index contributed by atoms with van der Waals surface area (Å²) in [6, 6.07) is 8.14. The van der Waals surface area contributed by atoms with E-state index in [-0.39, 0.29) is 11.5 Å². The third-order valence-electron chi connectivity index (χ3n) is 3.62. The van der Waals surface area contributed by atoms with E-state index >= 15 is 0 Å². The van der Waals surface area contributed by atoms with Gasteiger partial charge in [0, 0.05) is 23.0 Å². The van der Waals surface area contributed by atoms with Gasteiger partial charge in [0.15, 0.2) is 0 Å². The van der Waals surface area contributed by atoms with Gasteiger partial charge in [-0.25, -0.2) is 4.98 Å². The standard InChI is InChI=1S/C18H24N4O2/c1-4-13-10-16(23)22-17(20-13)12-6-5-7-14(9-12)21-18(24)15(19)8-11(2)3/h5-7,9-11,15H,4,8,19H2,1-3H3,(H,21,24)(H,20,22,23)/t15-/m0/s1. The molecule has 1 aromatic heterocycles. The van der Waals surface area contributed by atoms with Crippen LogP contribution in [0.1, 0.15) is 32.9 Å². The molecule has 1 aromatic carbocycles. The van der Waals surface area contributed by atoms with Gasteiger partial charge >= 0.3 is 0 Å². The second kappa shape index (κ2) is 7.88. The first-order valence-electron chi connectivity index (χ1n) is 8.16. The number of carbonyl (C=O) groups is 1. The summed E-state index contributed by atoms with van der Waals surface area (Å²) >= 11 is 0. The number of nitrogens with one attached hydrogen (secondary N) is 2. The summed E-state index contributed by atoms with van der Waals surface area (Å²) in [7, 11) is 0. The molecular formula is C18H24N4O2. The highest BCUT2D eigenvalue weighted by Gasteiger charge is 2.15. The van der Waals surface area contributed by atoms with E-state index in [1.54, 1.807) is 18.2 Å². The number of hydrogen-bond donors (Lipinski definition) is 3. The molecule has 0 saturated heterocycles. The van der Waals surface area contributed by atoms with E-state index in [1.807, 2.05) is 26.8 Å². The van der Waals surface area contributed by atoms with Crippen LogP contribution in [0, 0.1) is 5.92 Å². The Hall–Kier alpha value is -2.47. The molecular weight excluding hydrogens is 304 g/mol. The Kier molecular flexibility index (Phi) is 5.87. The zero-order valence-corrected chi connectivity index (χ0v) is 14.3. The van der Waals surface area contributed by atoms with Crippen molar-refractivity contribution in [1.29, 1.82) is 0 Å². The first-order valence-corrected chi connectivity index (χ1v) is 8.16. The maximum Gasteiger partial charge on any atom is 0.251 e. The van der Waals surface area contributed by atoms with E-state index in [0.717, 1.165) is 11.3 Å². The fourth-order valence-corrected chi connectivity index (χ4v) is 2.42. The molecule has 0 bridgehead atoms. The van der Waals surface area contributed by atoms with E-state index < -0.39 is 6.04 Å². The van der Waals surface area contributed by atoms with Crippen LogP contribution in [-0.2, 0) is 11.2 Å². The van der Waals surface area contributed by atoms with Crippen LogP contribution < -0.4 is 16.6 Å². The van der Waals surface area contributed by atoms with Crippen molar-refractivity contribution in [3.8, 4) is 11.4 Å². The number of carbonyl (C=O) groups excluding carboxylic acids is 1. The molecule has 4 N–H and O–H groups in total. The number of benzene rings is 1. The number of rotatable bonds is 6. The normalized spacial score (nSPS) is 12.2. The van der Waals surface area contributed by atoms with Crippen LogP contribution in [0.5, 0.6) is 0 Å². The van der Waals surface area contributed by atoms with Crippen molar-refractivity contribution in [2.75, 3.05) is 5.32 Å². The van der Waals surface area contributed by atoms with Gasteiger partial charge in [-0.05, 0) is 30.9 Å². The van der Waals surface area contributed by atoms with Crippen molar-refractivity contribution < 1.29 is 4.79 Å². The number of aromatic amines is 1. The fraction of sp³-hybridized carbons (Fsp3) is 0.389. The monoisotopic (exact) mass is 328 g/mol. The van der Waals surface area contributed by atoms with E-state index in [0.29, 0.717) is 30.3 Å². The summed E-state index contributed by atoms with van der Waals surface area (Å²) in [4.78, 5) is 31.0. The van der Waals surface area contributed by atoms with Crippen LogP contribution in [-0.4, -0.2) is 21.9 Å². The quantitative estimate of drug-likeness (QED) is 0.757. The molecule has 24 heavy (non-hydrogen) atoms. The Morgan fingerprint density at radius 1 is 1.33 bits per heavy atom. The molecule has 0 unspecified atom stereocenters. The zero-order valence-electron chi connectivity index (χ0n) is 14.3. The molecule has 0 spiro atoms. The topological polar surface area (TPSA) is 101 Å². The summed E-state index contributed by atoms with van der Waals surface area (Å²) in [5.74, 6) is 0.620. The number of H-pyrrole nitrogens is 1. The zero-order chi connectivity index (χ0) is 17.7. The minimum absolute atomic E-state index is 0.190. The number of hydrogen-bond acceptors (Lipinski definition) is 4. The molecule has 6 nitrogen and oxygen atoms in total. The predicted molar refractivity (Wildman–Crippen MR) is 95.7 cm³/mol. The van der Waals surface area contributed by atoms with Crippen molar-refractivity contribution in [3.05, 3.63) is 46.4 Å². The van der Waals surface area contributed by atoms with Gasteiger partial charge in [-0.2, -0.15) is 0 Å². The minimum Gasteiger partial charge on any atom is -0.325 e. The second-order valence-corrected chi connectivity index (χ2v) is 6.24. The SMILES string of the molecule is CCc1cc(=O)[nH]c(-c2cccc(NC(=O)[C@@H](N)CC(C)C)c2)n1. The lowest BCUT2D eigenvalue weighted by Gasteiger charge is -2.14. The predicted octanol–water partition coefficient (Wildman–Crippen LogP) is 2.31. The van der Waals surface area contributed by atoms with Crippen molar-refractivity contribution in [3.63, 3.8) is 0 Å². The molecule has 6 heteroatoms. The molecule has 1 atom stereocenters. The molecule has 128 valence electrons. The van der Waals surface area contributed by atoms with Gasteiger partial charge in [0.2, 0.25) is 5.91 Å². The fourth-order valence-electron chi connectivity index (χ4n) is 2.42. The van der Waals surface area contributed by atoms with Gasteiger partial charge in [0.05, 0.1) is 6.04 Å². The van der Waals surface area contributed by atoms with Gasteiger partial charge in [-0.3, -0.25) is 9.59 Å². The Bertz CT molecular complexity index is 768. The number of anilines is 1. The summed E-state index contributed by atoms with van der Waals surface area (Å²) < 4.78 is 0. The molecule has 1 amide bonds. The molecule has 0 radical (unpaired) electrons. The third kappa shape index (κ3) is 4.76. The lowest BCUT2D eigenvalue weighted by atomic mass is 10.0. The Labute approximate surface area is 141 Å². The van der Waals surface area contributed by atoms with E-state index in [1.165, 1.54) is 6.07 Å². The summed E-state index contributed by atoms with van der Waals surface area (Å²) in [6.07, 6.45) is 1.30. The molecule has 0 saturated carbocycles. The van der Waals surface area contributed by atoms with Crippen molar-refractivity contribution in [2.45, 2.75) is 39.7 Å². The molecule has 0 aliphatic carbocycles. The van der Waals surface area contributed by atoms with Crippen molar-refractivity contribution in [1.82, 2.24) is 9.97 Å². The summed E-state index contributed by atoms with van der Waals surface area (Å²) in [6.45, 7) is 5.99. The smallest absolute Gasteiger partial charge is 0.251 e. The number of aromatic nitrogens is 2. The first-order chi connectivity index (χ1) is 11.4. The van der Waals surface area contributed by atoms with Crippen LogP contribution in [0.2, 0.25) is 0 Å². The van der Waals surface area contributed by atoms with Crippen LogP contribution in [0.3, 0.4) is 0 Å². The van der Waals surface area contributed by atoms with E-state index in [2.05, 4.69) is 15.3 Å².